The number of carbonyl (C=O) groups is 1. The average molecular weight is 399 g/mol. The SMILES string of the molecule is CCCC1CCc2nc(NC(=O)Cc3csc(-c4cccnc4)n3)sc2C1. The minimum atomic E-state index is -0.0609. The minimum absolute atomic E-state index is 0.0609. The Morgan fingerprint density at radius 2 is 2.30 bits per heavy atom. The van der Waals surface area contributed by atoms with Gasteiger partial charge in [0, 0.05) is 28.2 Å². The van der Waals surface area contributed by atoms with Crippen LogP contribution in [-0.4, -0.2) is 20.9 Å². The molecule has 3 aromatic heterocycles. The molecule has 1 aliphatic carbocycles. The first-order valence-electron chi connectivity index (χ1n) is 9.34. The van der Waals surface area contributed by atoms with Gasteiger partial charge in [0.2, 0.25) is 5.91 Å². The molecule has 27 heavy (non-hydrogen) atoms. The standard InChI is InChI=1S/C20H22N4OS2/c1-2-4-13-6-7-16-17(9-13)27-20(23-16)24-18(25)10-15-12-26-19(22-15)14-5-3-8-21-11-14/h3,5,8,11-13H,2,4,6-7,9-10H2,1H3,(H,23,24,25). The summed E-state index contributed by atoms with van der Waals surface area (Å²) in [5.74, 6) is 0.710. The van der Waals surface area contributed by atoms with Gasteiger partial charge in [-0.3, -0.25) is 9.78 Å². The zero-order chi connectivity index (χ0) is 18.6. The Kier molecular flexibility index (Phi) is 5.59. The summed E-state index contributed by atoms with van der Waals surface area (Å²) >= 11 is 3.17. The lowest BCUT2D eigenvalue weighted by molar-refractivity contribution is -0.115. The van der Waals surface area contributed by atoms with Crippen LogP contribution >= 0.6 is 22.7 Å². The summed E-state index contributed by atoms with van der Waals surface area (Å²) in [6, 6.07) is 3.86. The second-order valence-corrected chi connectivity index (χ2v) is 8.84. The van der Waals surface area contributed by atoms with Crippen molar-refractivity contribution in [2.75, 3.05) is 5.32 Å². The predicted octanol–water partition coefficient (Wildman–Crippen LogP) is 4.75. The lowest BCUT2D eigenvalue weighted by Crippen LogP contribution is -2.14. The van der Waals surface area contributed by atoms with E-state index in [1.54, 1.807) is 23.7 Å². The molecule has 0 aliphatic heterocycles. The third-order valence-corrected chi connectivity index (χ3v) is 6.76. The number of fused-ring (bicyclic) bond motifs is 1. The highest BCUT2D eigenvalue weighted by Crippen LogP contribution is 2.34. The number of pyridine rings is 1. The molecule has 4 rings (SSSR count). The van der Waals surface area contributed by atoms with E-state index in [4.69, 9.17) is 0 Å². The fourth-order valence-corrected chi connectivity index (χ4v) is 5.44. The number of aryl methyl sites for hydroxylation is 1. The summed E-state index contributed by atoms with van der Waals surface area (Å²) in [4.78, 5) is 27.1. The van der Waals surface area contributed by atoms with Crippen LogP contribution in [0.5, 0.6) is 0 Å². The summed E-state index contributed by atoms with van der Waals surface area (Å²) in [6.07, 6.45) is 9.66. The van der Waals surface area contributed by atoms with Crippen LogP contribution in [0.15, 0.2) is 29.9 Å². The van der Waals surface area contributed by atoms with E-state index in [0.29, 0.717) is 0 Å². The van der Waals surface area contributed by atoms with Gasteiger partial charge in [-0.05, 0) is 37.3 Å². The molecule has 140 valence electrons. The zero-order valence-electron chi connectivity index (χ0n) is 15.3. The minimum Gasteiger partial charge on any atom is -0.302 e. The summed E-state index contributed by atoms with van der Waals surface area (Å²) in [5, 5.41) is 6.51. The maximum Gasteiger partial charge on any atom is 0.232 e. The number of aromatic nitrogens is 3. The molecule has 0 saturated heterocycles. The normalized spacial score (nSPS) is 16.1. The molecule has 3 aromatic rings. The number of nitrogens with zero attached hydrogens (tertiary/aromatic N) is 3. The van der Waals surface area contributed by atoms with Crippen molar-refractivity contribution >= 4 is 33.7 Å². The van der Waals surface area contributed by atoms with Crippen molar-refractivity contribution in [3.05, 3.63) is 46.2 Å². The molecule has 7 heteroatoms. The van der Waals surface area contributed by atoms with E-state index >= 15 is 0 Å². The van der Waals surface area contributed by atoms with E-state index in [1.165, 1.54) is 41.2 Å². The fraction of sp³-hybridized carbons (Fsp3) is 0.400. The Labute approximate surface area is 166 Å². The predicted molar refractivity (Wildman–Crippen MR) is 110 cm³/mol. The number of anilines is 1. The van der Waals surface area contributed by atoms with Gasteiger partial charge >= 0.3 is 0 Å². The van der Waals surface area contributed by atoms with Gasteiger partial charge < -0.3 is 5.32 Å². The van der Waals surface area contributed by atoms with E-state index < -0.39 is 0 Å². The highest BCUT2D eigenvalue weighted by Gasteiger charge is 2.22. The van der Waals surface area contributed by atoms with E-state index in [9.17, 15) is 4.79 Å². The molecule has 0 bridgehead atoms. The first-order valence-corrected chi connectivity index (χ1v) is 11.0. The molecule has 1 N–H and O–H groups in total. The van der Waals surface area contributed by atoms with Crippen LogP contribution < -0.4 is 5.32 Å². The number of hydrogen-bond donors (Lipinski definition) is 1. The second kappa shape index (κ2) is 8.27. The quantitative estimate of drug-likeness (QED) is 0.651. The summed E-state index contributed by atoms with van der Waals surface area (Å²) in [6.45, 7) is 2.24. The van der Waals surface area contributed by atoms with Crippen molar-refractivity contribution in [3.8, 4) is 10.6 Å². The van der Waals surface area contributed by atoms with Crippen LogP contribution in [0.1, 0.15) is 42.5 Å². The zero-order valence-corrected chi connectivity index (χ0v) is 16.9. The molecule has 0 radical (unpaired) electrons. The van der Waals surface area contributed by atoms with Crippen LogP contribution in [0.4, 0.5) is 5.13 Å². The number of rotatable bonds is 6. The van der Waals surface area contributed by atoms with Crippen molar-refractivity contribution in [3.63, 3.8) is 0 Å². The lowest BCUT2D eigenvalue weighted by Gasteiger charge is -2.19. The number of thiazole rings is 2. The van der Waals surface area contributed by atoms with Crippen molar-refractivity contribution in [2.45, 2.75) is 45.4 Å². The van der Waals surface area contributed by atoms with Gasteiger partial charge in [-0.1, -0.05) is 19.8 Å². The van der Waals surface area contributed by atoms with Crippen LogP contribution in [0.3, 0.4) is 0 Å². The number of amides is 1. The average Bonchev–Trinajstić information content (AvgIpc) is 3.28. The molecule has 0 saturated carbocycles. The summed E-state index contributed by atoms with van der Waals surface area (Å²) in [5.41, 5.74) is 2.93. The molecule has 3 heterocycles. The van der Waals surface area contributed by atoms with Gasteiger partial charge in [0.25, 0.3) is 0 Å². The molecular formula is C20H22N4OS2. The van der Waals surface area contributed by atoms with Crippen LogP contribution in [-0.2, 0) is 24.1 Å². The first kappa shape index (κ1) is 18.3. The van der Waals surface area contributed by atoms with Crippen molar-refractivity contribution in [1.29, 1.82) is 0 Å². The van der Waals surface area contributed by atoms with Crippen LogP contribution in [0, 0.1) is 5.92 Å². The van der Waals surface area contributed by atoms with E-state index in [1.807, 2.05) is 17.5 Å². The molecule has 1 amide bonds. The smallest absolute Gasteiger partial charge is 0.232 e. The van der Waals surface area contributed by atoms with Crippen LogP contribution in [0.2, 0.25) is 0 Å². The van der Waals surface area contributed by atoms with Gasteiger partial charge in [0.15, 0.2) is 5.13 Å². The fourth-order valence-electron chi connectivity index (χ4n) is 3.49. The number of hydrogen-bond acceptors (Lipinski definition) is 6. The topological polar surface area (TPSA) is 67.8 Å². The van der Waals surface area contributed by atoms with E-state index in [0.717, 1.165) is 40.2 Å². The molecule has 1 unspecified atom stereocenters. The van der Waals surface area contributed by atoms with Gasteiger partial charge in [-0.2, -0.15) is 0 Å². The molecule has 1 aliphatic rings. The molecule has 0 fully saturated rings. The maximum atomic E-state index is 12.4. The highest BCUT2D eigenvalue weighted by atomic mass is 32.1. The Bertz CT molecular complexity index is 919. The lowest BCUT2D eigenvalue weighted by atomic mass is 9.88. The molecule has 5 nitrogen and oxygen atoms in total. The largest absolute Gasteiger partial charge is 0.302 e. The summed E-state index contributed by atoms with van der Waals surface area (Å²) < 4.78 is 0. The number of carbonyl (C=O) groups excluding carboxylic acids is 1. The third kappa shape index (κ3) is 4.42. The Hall–Kier alpha value is -2.12. The van der Waals surface area contributed by atoms with Gasteiger partial charge in [-0.15, -0.1) is 22.7 Å². The Morgan fingerprint density at radius 3 is 3.11 bits per heavy atom. The van der Waals surface area contributed by atoms with E-state index in [2.05, 4.69) is 27.2 Å². The van der Waals surface area contributed by atoms with Crippen molar-refractivity contribution in [1.82, 2.24) is 15.0 Å². The first-order chi connectivity index (χ1) is 13.2. The third-order valence-electron chi connectivity index (χ3n) is 4.79. The maximum absolute atomic E-state index is 12.4. The molecular weight excluding hydrogens is 376 g/mol. The molecule has 0 aromatic carbocycles. The second-order valence-electron chi connectivity index (χ2n) is 6.90. The van der Waals surface area contributed by atoms with E-state index in [-0.39, 0.29) is 12.3 Å². The number of nitrogens with one attached hydrogen (secondary N) is 1. The van der Waals surface area contributed by atoms with Crippen molar-refractivity contribution in [2.24, 2.45) is 5.92 Å². The van der Waals surface area contributed by atoms with Gasteiger partial charge in [0.05, 0.1) is 17.8 Å². The van der Waals surface area contributed by atoms with Crippen molar-refractivity contribution < 1.29 is 4.79 Å². The Balaban J connectivity index is 1.37. The highest BCUT2D eigenvalue weighted by molar-refractivity contribution is 7.16. The van der Waals surface area contributed by atoms with Gasteiger partial charge in [-0.25, -0.2) is 9.97 Å². The van der Waals surface area contributed by atoms with Gasteiger partial charge in [0.1, 0.15) is 5.01 Å². The molecule has 1 atom stereocenters. The summed E-state index contributed by atoms with van der Waals surface area (Å²) in [7, 11) is 0. The van der Waals surface area contributed by atoms with Crippen LogP contribution in [0.25, 0.3) is 10.6 Å². The Morgan fingerprint density at radius 1 is 1.37 bits per heavy atom. The monoisotopic (exact) mass is 398 g/mol. The molecule has 0 spiro atoms.